The topological polar surface area (TPSA) is 45.3 Å². The predicted molar refractivity (Wildman–Crippen MR) is 124 cm³/mol. The Hall–Kier alpha value is -2.85. The molecule has 1 aliphatic rings. The molecule has 4 nitrogen and oxygen atoms in total. The lowest BCUT2D eigenvalue weighted by Gasteiger charge is -2.24. The van der Waals surface area contributed by atoms with E-state index >= 15 is 0 Å². The monoisotopic (exact) mass is 404 g/mol. The summed E-state index contributed by atoms with van der Waals surface area (Å²) in [7, 11) is 1.39. The summed E-state index contributed by atoms with van der Waals surface area (Å²) in [5.41, 5.74) is 4.94. The highest BCUT2D eigenvalue weighted by atomic mass is 16.5. The summed E-state index contributed by atoms with van der Waals surface area (Å²) in [6, 6.07) is 17.5. The minimum absolute atomic E-state index is 0.332. The minimum atomic E-state index is -0.332. The van der Waals surface area contributed by atoms with Crippen molar-refractivity contribution in [1.82, 2.24) is 9.88 Å². The second-order valence-electron chi connectivity index (χ2n) is 7.43. The summed E-state index contributed by atoms with van der Waals surface area (Å²) in [5.74, 6) is -0.332. The van der Waals surface area contributed by atoms with Crippen molar-refractivity contribution in [3.05, 3.63) is 77.5 Å². The van der Waals surface area contributed by atoms with Crippen molar-refractivity contribution >= 4 is 22.9 Å². The van der Waals surface area contributed by atoms with Gasteiger partial charge in [0.1, 0.15) is 0 Å². The molecule has 1 N–H and O–H groups in total. The summed E-state index contributed by atoms with van der Waals surface area (Å²) < 4.78 is 4.63. The third kappa shape index (κ3) is 5.39. The van der Waals surface area contributed by atoms with E-state index in [9.17, 15) is 4.79 Å². The first-order chi connectivity index (χ1) is 14.7. The molecule has 1 aromatic heterocycles. The van der Waals surface area contributed by atoms with E-state index in [1.54, 1.807) is 6.08 Å². The van der Waals surface area contributed by atoms with Crippen LogP contribution in [0.5, 0.6) is 0 Å². The van der Waals surface area contributed by atoms with E-state index in [-0.39, 0.29) is 5.97 Å². The number of carbonyl (C=O) groups excluding carboxylic acids is 1. The molecular formula is C26H32N2O2. The molecule has 0 radical (unpaired) electrons. The number of carbonyl (C=O) groups is 1. The third-order valence-electron chi connectivity index (χ3n) is 5.61. The third-order valence-corrected chi connectivity index (χ3v) is 5.61. The number of aromatic amines is 1. The van der Waals surface area contributed by atoms with Crippen LogP contribution >= 0.6 is 0 Å². The molecular weight excluding hydrogens is 372 g/mol. The molecule has 1 atom stereocenters. The van der Waals surface area contributed by atoms with Crippen molar-refractivity contribution in [3.63, 3.8) is 0 Å². The quantitative estimate of drug-likeness (QED) is 0.430. The number of nitrogens with one attached hydrogen (secondary N) is 1. The van der Waals surface area contributed by atoms with Gasteiger partial charge in [0.05, 0.1) is 7.11 Å². The number of methoxy groups -OCH3 is 1. The number of likely N-dealkylation sites (tertiary alicyclic amines) is 1. The van der Waals surface area contributed by atoms with E-state index < -0.39 is 0 Å². The first-order valence-electron chi connectivity index (χ1n) is 10.9. The SMILES string of the molecule is CC.COC(=O)/C=C/c1ccc(CN2CCCC2Cc2c[nH]c3ccccc23)cc1. The van der Waals surface area contributed by atoms with Gasteiger partial charge in [-0.25, -0.2) is 4.79 Å². The van der Waals surface area contributed by atoms with Gasteiger partial charge in [0.15, 0.2) is 0 Å². The van der Waals surface area contributed by atoms with Gasteiger partial charge < -0.3 is 9.72 Å². The molecule has 0 saturated carbocycles. The number of esters is 1. The highest BCUT2D eigenvalue weighted by Gasteiger charge is 2.25. The van der Waals surface area contributed by atoms with Gasteiger partial charge in [-0.3, -0.25) is 4.90 Å². The fraction of sp³-hybridized carbons (Fsp3) is 0.346. The van der Waals surface area contributed by atoms with Gasteiger partial charge >= 0.3 is 5.97 Å². The number of rotatable bonds is 6. The Kier molecular flexibility index (Phi) is 7.86. The molecule has 1 aliphatic heterocycles. The first-order valence-corrected chi connectivity index (χ1v) is 10.9. The maximum absolute atomic E-state index is 11.2. The Labute approximate surface area is 179 Å². The van der Waals surface area contributed by atoms with Crippen LogP contribution in [0.4, 0.5) is 0 Å². The molecule has 2 heterocycles. The Bertz CT molecular complexity index is 972. The average Bonchev–Trinajstić information content (AvgIpc) is 3.42. The van der Waals surface area contributed by atoms with E-state index in [2.05, 4.69) is 69.3 Å². The van der Waals surface area contributed by atoms with E-state index in [1.807, 2.05) is 13.8 Å². The van der Waals surface area contributed by atoms with Crippen LogP contribution in [-0.4, -0.2) is 35.5 Å². The van der Waals surface area contributed by atoms with Gasteiger partial charge in [-0.15, -0.1) is 0 Å². The maximum atomic E-state index is 11.2. The zero-order valence-corrected chi connectivity index (χ0v) is 18.2. The molecule has 1 unspecified atom stereocenters. The van der Waals surface area contributed by atoms with E-state index in [0.29, 0.717) is 6.04 Å². The highest BCUT2D eigenvalue weighted by molar-refractivity contribution is 5.86. The number of aromatic nitrogens is 1. The molecule has 1 fully saturated rings. The zero-order chi connectivity index (χ0) is 21.3. The van der Waals surface area contributed by atoms with Crippen LogP contribution in [0.25, 0.3) is 17.0 Å². The van der Waals surface area contributed by atoms with Gasteiger partial charge in [-0.2, -0.15) is 0 Å². The Morgan fingerprint density at radius 2 is 1.93 bits per heavy atom. The molecule has 0 bridgehead atoms. The van der Waals surface area contributed by atoms with Crippen molar-refractivity contribution < 1.29 is 9.53 Å². The second-order valence-corrected chi connectivity index (χ2v) is 7.43. The van der Waals surface area contributed by atoms with Crippen molar-refractivity contribution in [1.29, 1.82) is 0 Å². The Morgan fingerprint density at radius 1 is 1.17 bits per heavy atom. The standard InChI is InChI=1S/C24H26N2O2.C2H6/c1-28-24(27)13-12-18-8-10-19(11-9-18)17-26-14-4-5-21(26)15-20-16-25-23-7-3-2-6-22(20)23;1-2/h2-3,6-13,16,21,25H,4-5,14-15,17H2,1H3;1-2H3/b13-12+;. The lowest BCUT2D eigenvalue weighted by molar-refractivity contribution is -0.134. The summed E-state index contributed by atoms with van der Waals surface area (Å²) in [6.07, 6.45) is 9.00. The fourth-order valence-electron chi connectivity index (χ4n) is 4.09. The number of para-hydroxylation sites is 1. The summed E-state index contributed by atoms with van der Waals surface area (Å²) in [6.45, 7) is 6.12. The van der Waals surface area contributed by atoms with Crippen LogP contribution < -0.4 is 0 Å². The summed E-state index contributed by atoms with van der Waals surface area (Å²) in [4.78, 5) is 17.2. The van der Waals surface area contributed by atoms with Gasteiger partial charge in [0, 0.05) is 35.8 Å². The molecule has 3 aromatic rings. The van der Waals surface area contributed by atoms with Crippen molar-refractivity contribution in [2.75, 3.05) is 13.7 Å². The minimum Gasteiger partial charge on any atom is -0.466 e. The van der Waals surface area contributed by atoms with Gasteiger partial charge in [0.25, 0.3) is 0 Å². The highest BCUT2D eigenvalue weighted by Crippen LogP contribution is 2.27. The Morgan fingerprint density at radius 3 is 2.70 bits per heavy atom. The number of fused-ring (bicyclic) bond motifs is 1. The van der Waals surface area contributed by atoms with Gasteiger partial charge in [0.2, 0.25) is 0 Å². The van der Waals surface area contributed by atoms with Crippen LogP contribution in [0.3, 0.4) is 0 Å². The number of benzene rings is 2. The van der Waals surface area contributed by atoms with Crippen molar-refractivity contribution in [2.24, 2.45) is 0 Å². The first kappa shape index (κ1) is 21.8. The Balaban J connectivity index is 0.00000124. The lowest BCUT2D eigenvalue weighted by atomic mass is 10.0. The number of hydrogen-bond acceptors (Lipinski definition) is 3. The average molecular weight is 405 g/mol. The van der Waals surface area contributed by atoms with Crippen molar-refractivity contribution in [3.8, 4) is 0 Å². The molecule has 0 aliphatic carbocycles. The molecule has 158 valence electrons. The summed E-state index contributed by atoms with van der Waals surface area (Å²) >= 11 is 0. The van der Waals surface area contributed by atoms with Crippen LogP contribution in [-0.2, 0) is 22.5 Å². The van der Waals surface area contributed by atoms with Crippen LogP contribution in [0.15, 0.2) is 60.8 Å². The van der Waals surface area contributed by atoms with Crippen LogP contribution in [0, 0.1) is 0 Å². The van der Waals surface area contributed by atoms with Crippen LogP contribution in [0.1, 0.15) is 43.4 Å². The fourth-order valence-corrected chi connectivity index (χ4v) is 4.09. The molecule has 4 rings (SSSR count). The number of hydrogen-bond donors (Lipinski definition) is 1. The smallest absolute Gasteiger partial charge is 0.330 e. The number of H-pyrrole nitrogens is 1. The molecule has 0 spiro atoms. The largest absolute Gasteiger partial charge is 0.466 e. The molecule has 0 amide bonds. The molecule has 30 heavy (non-hydrogen) atoms. The van der Waals surface area contributed by atoms with Crippen LogP contribution in [0.2, 0.25) is 0 Å². The number of ether oxygens (including phenoxy) is 1. The molecule has 2 aromatic carbocycles. The second kappa shape index (κ2) is 10.8. The van der Waals surface area contributed by atoms with E-state index in [1.165, 1.54) is 48.1 Å². The van der Waals surface area contributed by atoms with Crippen molar-refractivity contribution in [2.45, 2.75) is 45.7 Å². The summed E-state index contributed by atoms with van der Waals surface area (Å²) in [5, 5.41) is 1.34. The van der Waals surface area contributed by atoms with E-state index in [0.717, 1.165) is 25.1 Å². The zero-order valence-electron chi connectivity index (χ0n) is 18.2. The number of nitrogens with zero attached hydrogens (tertiary/aromatic N) is 1. The lowest BCUT2D eigenvalue weighted by Crippen LogP contribution is -2.30. The maximum Gasteiger partial charge on any atom is 0.330 e. The normalized spacial score (nSPS) is 16.6. The predicted octanol–water partition coefficient (Wildman–Crippen LogP) is 5.59. The van der Waals surface area contributed by atoms with Gasteiger partial charge in [-0.05, 0) is 54.6 Å². The molecule has 4 heteroatoms. The van der Waals surface area contributed by atoms with E-state index in [4.69, 9.17) is 0 Å². The molecule has 1 saturated heterocycles. The van der Waals surface area contributed by atoms with Gasteiger partial charge in [-0.1, -0.05) is 56.3 Å².